The highest BCUT2D eigenvalue weighted by molar-refractivity contribution is 7.89. The van der Waals surface area contributed by atoms with Crippen molar-refractivity contribution in [1.29, 1.82) is 0 Å². The summed E-state index contributed by atoms with van der Waals surface area (Å²) in [5.74, 6) is -0.580. The smallest absolute Gasteiger partial charge is 0.242 e. The van der Waals surface area contributed by atoms with Gasteiger partial charge in [-0.2, -0.15) is 4.31 Å². The van der Waals surface area contributed by atoms with E-state index in [0.717, 1.165) is 10.4 Å². The number of aliphatic hydroxyl groups excluding tert-OH is 1. The number of ether oxygens (including phenoxy) is 1. The number of sulfonamides is 1. The Labute approximate surface area is 119 Å². The van der Waals surface area contributed by atoms with E-state index in [4.69, 9.17) is 9.84 Å². The lowest BCUT2D eigenvalue weighted by atomic mass is 10.1. The Morgan fingerprint density at radius 2 is 2.05 bits per heavy atom. The summed E-state index contributed by atoms with van der Waals surface area (Å²) in [7, 11) is -2.28. The summed E-state index contributed by atoms with van der Waals surface area (Å²) < 4.78 is 44.5. The molecule has 0 spiro atoms. The maximum absolute atomic E-state index is 13.6. The summed E-state index contributed by atoms with van der Waals surface area (Å²) in [6.45, 7) is 3.76. The molecule has 0 unspecified atom stereocenters. The van der Waals surface area contributed by atoms with E-state index in [1.807, 2.05) is 6.92 Å². The zero-order valence-electron chi connectivity index (χ0n) is 11.9. The molecule has 20 heavy (non-hydrogen) atoms. The first-order valence-electron chi connectivity index (χ1n) is 6.28. The van der Waals surface area contributed by atoms with Gasteiger partial charge in [-0.25, -0.2) is 12.8 Å². The van der Waals surface area contributed by atoms with Crippen molar-refractivity contribution in [3.63, 3.8) is 0 Å². The van der Waals surface area contributed by atoms with Gasteiger partial charge in [-0.15, -0.1) is 0 Å². The van der Waals surface area contributed by atoms with Gasteiger partial charge in [0, 0.05) is 25.8 Å². The predicted octanol–water partition coefficient (Wildman–Crippen LogP) is 1.28. The van der Waals surface area contributed by atoms with Gasteiger partial charge in [-0.1, -0.05) is 0 Å². The fourth-order valence-corrected chi connectivity index (χ4v) is 3.00. The molecule has 1 N–H and O–H groups in total. The Bertz CT molecular complexity index is 560. The number of hydrogen-bond acceptors (Lipinski definition) is 4. The van der Waals surface area contributed by atoms with Crippen LogP contribution in [0.2, 0.25) is 0 Å². The Hall–Kier alpha value is -1.02. The van der Waals surface area contributed by atoms with E-state index >= 15 is 0 Å². The Morgan fingerprint density at radius 1 is 1.40 bits per heavy atom. The second kappa shape index (κ2) is 7.12. The molecule has 0 aliphatic rings. The minimum atomic E-state index is -3.72. The molecule has 0 amide bonds. The summed E-state index contributed by atoms with van der Waals surface area (Å²) in [5, 5.41) is 9.08. The average molecular weight is 305 g/mol. The molecular formula is C13H20FNO4S. The van der Waals surface area contributed by atoms with Gasteiger partial charge in [0.15, 0.2) is 0 Å². The Morgan fingerprint density at radius 3 is 2.60 bits per heavy atom. The Balaban J connectivity index is 3.06. The average Bonchev–Trinajstić information content (AvgIpc) is 2.41. The molecule has 0 saturated carbocycles. The maximum atomic E-state index is 13.6. The zero-order chi connectivity index (χ0) is 15.3. The van der Waals surface area contributed by atoms with Crippen LogP contribution in [0, 0.1) is 12.7 Å². The molecule has 7 heteroatoms. The van der Waals surface area contributed by atoms with Gasteiger partial charge < -0.3 is 9.84 Å². The van der Waals surface area contributed by atoms with Crippen LogP contribution in [-0.4, -0.2) is 44.6 Å². The molecule has 0 radical (unpaired) electrons. The van der Waals surface area contributed by atoms with Gasteiger partial charge in [0.1, 0.15) is 5.82 Å². The summed E-state index contributed by atoms with van der Waals surface area (Å²) in [6.07, 6.45) is 0. The number of benzene rings is 1. The summed E-state index contributed by atoms with van der Waals surface area (Å²) in [5.41, 5.74) is 0.162. The highest BCUT2D eigenvalue weighted by Gasteiger charge is 2.22. The summed E-state index contributed by atoms with van der Waals surface area (Å²) >= 11 is 0. The van der Waals surface area contributed by atoms with Crippen LogP contribution >= 0.6 is 0 Å². The van der Waals surface area contributed by atoms with Gasteiger partial charge in [0.05, 0.1) is 18.1 Å². The molecule has 1 aromatic rings. The van der Waals surface area contributed by atoms with E-state index in [0.29, 0.717) is 13.2 Å². The molecular weight excluding hydrogens is 285 g/mol. The fourth-order valence-electron chi connectivity index (χ4n) is 1.71. The molecule has 0 aliphatic carbocycles. The van der Waals surface area contributed by atoms with Crippen molar-refractivity contribution in [2.75, 3.05) is 26.8 Å². The van der Waals surface area contributed by atoms with Crippen molar-refractivity contribution in [2.24, 2.45) is 0 Å². The van der Waals surface area contributed by atoms with Crippen LogP contribution in [0.3, 0.4) is 0 Å². The molecule has 1 rings (SSSR count). The molecule has 0 heterocycles. The standard InChI is InChI=1S/C13H20FNO4S/c1-4-19-6-5-15(3)20(17,18)12-7-10(2)13(14)11(8-12)9-16/h7-8,16H,4-6,9H2,1-3H3. The quantitative estimate of drug-likeness (QED) is 0.771. The van der Waals surface area contributed by atoms with Crippen LogP contribution in [0.5, 0.6) is 0 Å². The van der Waals surface area contributed by atoms with Crippen LogP contribution in [-0.2, 0) is 21.4 Å². The summed E-state index contributed by atoms with van der Waals surface area (Å²) in [6, 6.07) is 2.43. The topological polar surface area (TPSA) is 66.8 Å². The largest absolute Gasteiger partial charge is 0.392 e. The van der Waals surface area contributed by atoms with E-state index in [9.17, 15) is 12.8 Å². The number of nitrogens with zero attached hydrogens (tertiary/aromatic N) is 1. The van der Waals surface area contributed by atoms with Crippen molar-refractivity contribution < 1.29 is 22.7 Å². The van der Waals surface area contributed by atoms with Crippen LogP contribution in [0.4, 0.5) is 4.39 Å². The third-order valence-electron chi connectivity index (χ3n) is 2.94. The number of rotatable bonds is 7. The number of likely N-dealkylation sites (N-methyl/N-ethyl adjacent to an activating group) is 1. The third kappa shape index (κ3) is 3.76. The second-order valence-electron chi connectivity index (χ2n) is 4.39. The van der Waals surface area contributed by atoms with Crippen molar-refractivity contribution in [1.82, 2.24) is 4.31 Å². The van der Waals surface area contributed by atoms with Crippen molar-refractivity contribution in [3.8, 4) is 0 Å². The lowest BCUT2D eigenvalue weighted by Crippen LogP contribution is -2.30. The van der Waals surface area contributed by atoms with E-state index in [-0.39, 0.29) is 22.6 Å². The number of aliphatic hydroxyl groups is 1. The molecule has 0 atom stereocenters. The van der Waals surface area contributed by atoms with Crippen molar-refractivity contribution >= 4 is 10.0 Å². The molecule has 5 nitrogen and oxygen atoms in total. The minimum absolute atomic E-state index is 0.0261. The highest BCUT2D eigenvalue weighted by Crippen LogP contribution is 2.21. The van der Waals surface area contributed by atoms with Gasteiger partial charge in [-0.3, -0.25) is 0 Å². The number of aryl methyl sites for hydroxylation is 1. The molecule has 1 aromatic carbocycles. The normalized spacial score (nSPS) is 12.1. The number of hydrogen-bond donors (Lipinski definition) is 1. The third-order valence-corrected chi connectivity index (χ3v) is 4.77. The zero-order valence-corrected chi connectivity index (χ0v) is 12.7. The van der Waals surface area contributed by atoms with Crippen molar-refractivity contribution in [3.05, 3.63) is 29.1 Å². The molecule has 0 bridgehead atoms. The molecule has 0 aromatic heterocycles. The van der Waals surface area contributed by atoms with Crippen molar-refractivity contribution in [2.45, 2.75) is 25.3 Å². The van der Waals surface area contributed by atoms with E-state index in [2.05, 4.69) is 0 Å². The monoisotopic (exact) mass is 305 g/mol. The first kappa shape index (κ1) is 17.0. The summed E-state index contributed by atoms with van der Waals surface area (Å²) in [4.78, 5) is -0.0283. The molecule has 0 fully saturated rings. The predicted molar refractivity (Wildman–Crippen MR) is 73.4 cm³/mol. The highest BCUT2D eigenvalue weighted by atomic mass is 32.2. The van der Waals surface area contributed by atoms with Crippen LogP contribution in [0.25, 0.3) is 0 Å². The lowest BCUT2D eigenvalue weighted by molar-refractivity contribution is 0.138. The molecule has 114 valence electrons. The van der Waals surface area contributed by atoms with Crippen LogP contribution in [0.1, 0.15) is 18.1 Å². The van der Waals surface area contributed by atoms with Gasteiger partial charge >= 0.3 is 0 Å². The van der Waals surface area contributed by atoms with E-state index < -0.39 is 22.4 Å². The van der Waals surface area contributed by atoms with Gasteiger partial charge in [0.25, 0.3) is 0 Å². The minimum Gasteiger partial charge on any atom is -0.392 e. The van der Waals surface area contributed by atoms with Crippen LogP contribution in [0.15, 0.2) is 17.0 Å². The second-order valence-corrected chi connectivity index (χ2v) is 6.44. The van der Waals surface area contributed by atoms with Gasteiger partial charge in [-0.05, 0) is 31.5 Å². The van der Waals surface area contributed by atoms with Crippen LogP contribution < -0.4 is 0 Å². The first-order valence-corrected chi connectivity index (χ1v) is 7.72. The fraction of sp³-hybridized carbons (Fsp3) is 0.538. The first-order chi connectivity index (χ1) is 9.34. The maximum Gasteiger partial charge on any atom is 0.242 e. The number of halogens is 1. The molecule has 0 aliphatic heterocycles. The Kier molecular flexibility index (Phi) is 6.07. The van der Waals surface area contributed by atoms with E-state index in [1.54, 1.807) is 0 Å². The lowest BCUT2D eigenvalue weighted by Gasteiger charge is -2.18. The van der Waals surface area contributed by atoms with E-state index in [1.165, 1.54) is 20.0 Å². The molecule has 0 saturated heterocycles. The van der Waals surface area contributed by atoms with Gasteiger partial charge in [0.2, 0.25) is 10.0 Å². The SMILES string of the molecule is CCOCCN(C)S(=O)(=O)c1cc(C)c(F)c(CO)c1.